The molecule has 6 heteroatoms. The molecule has 0 aliphatic carbocycles. The monoisotopic (exact) mass is 253 g/mol. The number of aromatic nitrogens is 1. The minimum atomic E-state index is -0.178. The second-order valence-electron chi connectivity index (χ2n) is 4.25. The Bertz CT molecular complexity index is 444. The van der Waals surface area contributed by atoms with Crippen LogP contribution in [0.5, 0.6) is 0 Å². The van der Waals surface area contributed by atoms with E-state index in [0.717, 1.165) is 19.3 Å². The lowest BCUT2D eigenvalue weighted by molar-refractivity contribution is 0.0639. The molecule has 1 aromatic heterocycles. The summed E-state index contributed by atoms with van der Waals surface area (Å²) in [5.41, 5.74) is 6.36. The fourth-order valence-electron chi connectivity index (χ4n) is 2.08. The topological polar surface area (TPSA) is 72.4 Å². The highest BCUT2D eigenvalue weighted by molar-refractivity contribution is 7.80. The highest BCUT2D eigenvalue weighted by Gasteiger charge is 2.31. The number of thiocarbonyl (C=S) groups is 1. The lowest BCUT2D eigenvalue weighted by Crippen LogP contribution is -2.49. The molecule has 17 heavy (non-hydrogen) atoms. The first-order valence-corrected chi connectivity index (χ1v) is 6.04. The van der Waals surface area contributed by atoms with Gasteiger partial charge < -0.3 is 15.2 Å². The molecule has 1 unspecified atom stereocenters. The van der Waals surface area contributed by atoms with Crippen molar-refractivity contribution in [2.45, 2.75) is 32.2 Å². The third-order valence-electron chi connectivity index (χ3n) is 2.93. The van der Waals surface area contributed by atoms with E-state index in [9.17, 15) is 4.79 Å². The van der Waals surface area contributed by atoms with E-state index >= 15 is 0 Å². The number of hydrogen-bond donors (Lipinski definition) is 1. The average molecular weight is 253 g/mol. The van der Waals surface area contributed by atoms with Gasteiger partial charge in [-0.25, -0.2) is 0 Å². The predicted molar refractivity (Wildman–Crippen MR) is 66.7 cm³/mol. The summed E-state index contributed by atoms with van der Waals surface area (Å²) in [6, 6.07) is 1.48. The molecule has 1 saturated heterocycles. The highest BCUT2D eigenvalue weighted by Crippen LogP contribution is 2.20. The Kier molecular flexibility index (Phi) is 3.42. The van der Waals surface area contributed by atoms with Crippen LogP contribution in [0.1, 0.15) is 35.5 Å². The number of piperidine rings is 1. The standard InChI is InChI=1S/C11H15N3O2S/c1-7-6-9(16-13-7)11(15)14-5-3-2-4-8(14)10(12)17/h6,8H,2-5H2,1H3,(H2,12,17). The minimum Gasteiger partial charge on any atom is -0.392 e. The van der Waals surface area contributed by atoms with Crippen molar-refractivity contribution in [3.8, 4) is 0 Å². The van der Waals surface area contributed by atoms with Crippen molar-refractivity contribution in [2.24, 2.45) is 5.73 Å². The summed E-state index contributed by atoms with van der Waals surface area (Å²) < 4.78 is 4.98. The fourth-order valence-corrected chi connectivity index (χ4v) is 2.32. The fraction of sp³-hybridized carbons (Fsp3) is 0.545. The van der Waals surface area contributed by atoms with E-state index < -0.39 is 0 Å². The molecule has 0 spiro atoms. The van der Waals surface area contributed by atoms with Crippen LogP contribution in [0.4, 0.5) is 0 Å². The molecular weight excluding hydrogens is 238 g/mol. The Labute approximate surface area is 105 Å². The van der Waals surface area contributed by atoms with Gasteiger partial charge in [0.05, 0.1) is 16.7 Å². The number of nitrogens with zero attached hydrogens (tertiary/aromatic N) is 2. The van der Waals surface area contributed by atoms with E-state index in [2.05, 4.69) is 5.16 Å². The molecule has 2 rings (SSSR count). The normalized spacial score (nSPS) is 20.3. The molecule has 1 fully saturated rings. The summed E-state index contributed by atoms with van der Waals surface area (Å²) in [7, 11) is 0. The molecule has 0 radical (unpaired) electrons. The van der Waals surface area contributed by atoms with Crippen molar-refractivity contribution >= 4 is 23.1 Å². The zero-order valence-electron chi connectivity index (χ0n) is 9.68. The maximum absolute atomic E-state index is 12.2. The number of rotatable bonds is 2. The maximum atomic E-state index is 12.2. The zero-order valence-corrected chi connectivity index (χ0v) is 10.5. The van der Waals surface area contributed by atoms with E-state index in [1.165, 1.54) is 0 Å². The van der Waals surface area contributed by atoms with Gasteiger partial charge in [0.15, 0.2) is 0 Å². The molecule has 0 aromatic carbocycles. The third-order valence-corrected chi connectivity index (χ3v) is 3.20. The largest absolute Gasteiger partial charge is 0.392 e. The van der Waals surface area contributed by atoms with Gasteiger partial charge in [0.1, 0.15) is 0 Å². The Morgan fingerprint density at radius 2 is 2.41 bits per heavy atom. The van der Waals surface area contributed by atoms with Crippen molar-refractivity contribution in [3.63, 3.8) is 0 Å². The van der Waals surface area contributed by atoms with Crippen LogP contribution in [0.2, 0.25) is 0 Å². The van der Waals surface area contributed by atoms with Gasteiger partial charge in [-0.1, -0.05) is 17.4 Å². The molecule has 1 aromatic rings. The van der Waals surface area contributed by atoms with Crippen molar-refractivity contribution in [2.75, 3.05) is 6.54 Å². The van der Waals surface area contributed by atoms with Gasteiger partial charge in [-0.3, -0.25) is 4.79 Å². The van der Waals surface area contributed by atoms with Crippen molar-refractivity contribution in [1.29, 1.82) is 0 Å². The minimum absolute atomic E-state index is 0.156. The van der Waals surface area contributed by atoms with Gasteiger partial charge >= 0.3 is 0 Å². The van der Waals surface area contributed by atoms with Crippen LogP contribution in [0.15, 0.2) is 10.6 Å². The van der Waals surface area contributed by atoms with Gasteiger partial charge in [-0.05, 0) is 26.2 Å². The Morgan fingerprint density at radius 3 is 3.00 bits per heavy atom. The first-order valence-electron chi connectivity index (χ1n) is 5.63. The second kappa shape index (κ2) is 4.83. The summed E-state index contributed by atoms with van der Waals surface area (Å²) in [6.07, 6.45) is 2.84. The number of carbonyl (C=O) groups is 1. The van der Waals surface area contributed by atoms with Gasteiger partial charge in [-0.2, -0.15) is 0 Å². The number of amides is 1. The van der Waals surface area contributed by atoms with Crippen molar-refractivity contribution in [3.05, 3.63) is 17.5 Å². The Balaban J connectivity index is 2.19. The van der Waals surface area contributed by atoms with Crippen LogP contribution in [0.25, 0.3) is 0 Å². The number of likely N-dealkylation sites (tertiary alicyclic amines) is 1. The number of carbonyl (C=O) groups excluding carboxylic acids is 1. The lowest BCUT2D eigenvalue weighted by Gasteiger charge is -2.34. The van der Waals surface area contributed by atoms with Crippen LogP contribution in [-0.4, -0.2) is 33.5 Å². The molecule has 1 aliphatic heterocycles. The van der Waals surface area contributed by atoms with E-state index in [4.69, 9.17) is 22.5 Å². The smallest absolute Gasteiger partial charge is 0.293 e. The van der Waals surface area contributed by atoms with E-state index in [1.54, 1.807) is 17.9 Å². The zero-order chi connectivity index (χ0) is 12.4. The van der Waals surface area contributed by atoms with E-state index in [0.29, 0.717) is 17.2 Å². The highest BCUT2D eigenvalue weighted by atomic mass is 32.1. The number of aryl methyl sites for hydroxylation is 1. The predicted octanol–water partition coefficient (Wildman–Crippen LogP) is 1.26. The molecule has 0 saturated carbocycles. The molecule has 2 N–H and O–H groups in total. The van der Waals surface area contributed by atoms with Gasteiger partial charge in [-0.15, -0.1) is 0 Å². The molecule has 1 aliphatic rings. The maximum Gasteiger partial charge on any atom is 0.293 e. The third kappa shape index (κ3) is 2.46. The first kappa shape index (κ1) is 12.0. The second-order valence-corrected chi connectivity index (χ2v) is 4.72. The van der Waals surface area contributed by atoms with Crippen LogP contribution in [-0.2, 0) is 0 Å². The summed E-state index contributed by atoms with van der Waals surface area (Å²) >= 11 is 5.00. The SMILES string of the molecule is Cc1cc(C(=O)N2CCCCC2C(N)=S)on1. The Hall–Kier alpha value is -1.43. The van der Waals surface area contributed by atoms with Crippen molar-refractivity contribution < 1.29 is 9.32 Å². The molecule has 1 atom stereocenters. The molecule has 1 amide bonds. The molecule has 92 valence electrons. The van der Waals surface area contributed by atoms with Gasteiger partial charge in [0, 0.05) is 12.6 Å². The summed E-state index contributed by atoms with van der Waals surface area (Å²) in [5, 5.41) is 3.72. The summed E-state index contributed by atoms with van der Waals surface area (Å²) in [4.78, 5) is 14.3. The molecule has 5 nitrogen and oxygen atoms in total. The van der Waals surface area contributed by atoms with E-state index in [1.807, 2.05) is 0 Å². The molecule has 0 bridgehead atoms. The summed E-state index contributed by atoms with van der Waals surface area (Å²) in [6.45, 7) is 2.45. The van der Waals surface area contributed by atoms with Crippen LogP contribution in [0, 0.1) is 6.92 Å². The number of nitrogens with two attached hydrogens (primary N) is 1. The molecule has 2 heterocycles. The van der Waals surface area contributed by atoms with Gasteiger partial charge in [0.2, 0.25) is 5.76 Å². The lowest BCUT2D eigenvalue weighted by atomic mass is 10.0. The van der Waals surface area contributed by atoms with E-state index in [-0.39, 0.29) is 17.7 Å². The van der Waals surface area contributed by atoms with Crippen LogP contribution >= 0.6 is 12.2 Å². The van der Waals surface area contributed by atoms with Crippen LogP contribution < -0.4 is 5.73 Å². The Morgan fingerprint density at radius 1 is 1.65 bits per heavy atom. The molecular formula is C11H15N3O2S. The quantitative estimate of drug-likeness (QED) is 0.803. The first-order chi connectivity index (χ1) is 8.09. The summed E-state index contributed by atoms with van der Waals surface area (Å²) in [5.74, 6) is 0.0775. The number of hydrogen-bond acceptors (Lipinski definition) is 4. The van der Waals surface area contributed by atoms with Crippen molar-refractivity contribution in [1.82, 2.24) is 10.1 Å². The van der Waals surface area contributed by atoms with Gasteiger partial charge in [0.25, 0.3) is 5.91 Å². The average Bonchev–Trinajstić information content (AvgIpc) is 2.75. The van der Waals surface area contributed by atoms with Crippen LogP contribution in [0.3, 0.4) is 0 Å².